The standard InChI is InChI=1S/C24H25NO3/c1-4-27-23-13-10-19(24(26)25-21-7-5-6-18(3)14-21)15-20(23)16-28-22-11-8-17(2)9-12-22/h5-15H,4,16H2,1-3H3,(H,25,26). The third kappa shape index (κ3) is 5.13. The summed E-state index contributed by atoms with van der Waals surface area (Å²) in [4.78, 5) is 12.7. The molecule has 0 aromatic heterocycles. The molecule has 28 heavy (non-hydrogen) atoms. The molecule has 3 aromatic rings. The van der Waals surface area contributed by atoms with Gasteiger partial charge < -0.3 is 14.8 Å². The van der Waals surface area contributed by atoms with Crippen LogP contribution in [0.25, 0.3) is 0 Å². The van der Waals surface area contributed by atoms with E-state index in [2.05, 4.69) is 5.32 Å². The van der Waals surface area contributed by atoms with Gasteiger partial charge in [-0.15, -0.1) is 0 Å². The fourth-order valence-electron chi connectivity index (χ4n) is 2.85. The Morgan fingerprint density at radius 2 is 1.68 bits per heavy atom. The number of aryl methyl sites for hydroxylation is 2. The molecule has 0 saturated carbocycles. The molecule has 0 radical (unpaired) electrons. The van der Waals surface area contributed by atoms with Gasteiger partial charge in [-0.3, -0.25) is 4.79 Å². The molecule has 0 atom stereocenters. The summed E-state index contributed by atoms with van der Waals surface area (Å²) in [5, 5.41) is 2.94. The summed E-state index contributed by atoms with van der Waals surface area (Å²) in [5.74, 6) is 1.34. The highest BCUT2D eigenvalue weighted by Crippen LogP contribution is 2.24. The second-order valence-electron chi connectivity index (χ2n) is 6.68. The van der Waals surface area contributed by atoms with Crippen molar-refractivity contribution in [1.29, 1.82) is 0 Å². The molecule has 1 amide bonds. The normalized spacial score (nSPS) is 10.4. The zero-order valence-electron chi connectivity index (χ0n) is 16.5. The van der Waals surface area contributed by atoms with Crippen LogP contribution in [-0.2, 0) is 6.61 Å². The molecule has 4 nitrogen and oxygen atoms in total. The van der Waals surface area contributed by atoms with Gasteiger partial charge >= 0.3 is 0 Å². The first kappa shape index (κ1) is 19.5. The molecule has 4 heteroatoms. The van der Waals surface area contributed by atoms with E-state index in [-0.39, 0.29) is 5.91 Å². The highest BCUT2D eigenvalue weighted by atomic mass is 16.5. The molecule has 0 bridgehead atoms. The van der Waals surface area contributed by atoms with E-state index in [1.165, 1.54) is 5.56 Å². The van der Waals surface area contributed by atoms with E-state index in [1.807, 2.05) is 81.4 Å². The average molecular weight is 375 g/mol. The van der Waals surface area contributed by atoms with Gasteiger partial charge in [0.1, 0.15) is 18.1 Å². The number of hydrogen-bond donors (Lipinski definition) is 1. The lowest BCUT2D eigenvalue weighted by atomic mass is 10.1. The predicted octanol–water partition coefficient (Wildman–Crippen LogP) is 5.53. The monoisotopic (exact) mass is 375 g/mol. The van der Waals surface area contributed by atoms with Gasteiger partial charge in [0.05, 0.1) is 6.61 Å². The van der Waals surface area contributed by atoms with Crippen molar-refractivity contribution < 1.29 is 14.3 Å². The molecule has 0 aliphatic carbocycles. The van der Waals surface area contributed by atoms with Crippen LogP contribution in [0.3, 0.4) is 0 Å². The molecular weight excluding hydrogens is 350 g/mol. The maximum Gasteiger partial charge on any atom is 0.255 e. The van der Waals surface area contributed by atoms with Crippen LogP contribution in [0.2, 0.25) is 0 Å². The molecule has 0 aliphatic rings. The molecule has 0 aliphatic heterocycles. The van der Waals surface area contributed by atoms with Gasteiger partial charge in [0, 0.05) is 16.8 Å². The van der Waals surface area contributed by atoms with Crippen LogP contribution in [-0.4, -0.2) is 12.5 Å². The lowest BCUT2D eigenvalue weighted by Gasteiger charge is -2.14. The van der Waals surface area contributed by atoms with Gasteiger partial charge in [-0.1, -0.05) is 29.8 Å². The van der Waals surface area contributed by atoms with Crippen LogP contribution >= 0.6 is 0 Å². The third-order valence-corrected chi connectivity index (χ3v) is 4.31. The minimum atomic E-state index is -0.162. The number of benzene rings is 3. The topological polar surface area (TPSA) is 47.6 Å². The summed E-state index contributed by atoms with van der Waals surface area (Å²) in [6, 6.07) is 21.0. The fourth-order valence-corrected chi connectivity index (χ4v) is 2.85. The number of carbonyl (C=O) groups excluding carboxylic acids is 1. The quantitative estimate of drug-likeness (QED) is 0.590. The van der Waals surface area contributed by atoms with Crippen LogP contribution in [0.5, 0.6) is 11.5 Å². The van der Waals surface area contributed by atoms with Crippen LogP contribution in [0.4, 0.5) is 5.69 Å². The first-order chi connectivity index (χ1) is 13.5. The van der Waals surface area contributed by atoms with E-state index >= 15 is 0 Å². The van der Waals surface area contributed by atoms with Crippen molar-refractivity contribution in [2.45, 2.75) is 27.4 Å². The molecule has 144 valence electrons. The smallest absolute Gasteiger partial charge is 0.255 e. The summed E-state index contributed by atoms with van der Waals surface area (Å²) in [6.45, 7) is 6.83. The number of anilines is 1. The van der Waals surface area contributed by atoms with E-state index in [9.17, 15) is 4.79 Å². The lowest BCUT2D eigenvalue weighted by molar-refractivity contribution is 0.102. The highest BCUT2D eigenvalue weighted by molar-refractivity contribution is 6.04. The molecule has 0 fully saturated rings. The Bertz CT molecular complexity index is 948. The predicted molar refractivity (Wildman–Crippen MR) is 112 cm³/mol. The van der Waals surface area contributed by atoms with Crippen molar-refractivity contribution in [3.8, 4) is 11.5 Å². The number of nitrogens with one attached hydrogen (secondary N) is 1. The second kappa shape index (κ2) is 9.09. The van der Waals surface area contributed by atoms with E-state index in [4.69, 9.17) is 9.47 Å². The zero-order valence-corrected chi connectivity index (χ0v) is 16.5. The molecule has 3 rings (SSSR count). The first-order valence-electron chi connectivity index (χ1n) is 9.38. The minimum Gasteiger partial charge on any atom is -0.493 e. The Balaban J connectivity index is 1.77. The fraction of sp³-hybridized carbons (Fsp3) is 0.208. The Morgan fingerprint density at radius 1 is 0.893 bits per heavy atom. The lowest BCUT2D eigenvalue weighted by Crippen LogP contribution is -2.13. The second-order valence-corrected chi connectivity index (χ2v) is 6.68. The van der Waals surface area contributed by atoms with Crippen LogP contribution in [0, 0.1) is 13.8 Å². The minimum absolute atomic E-state index is 0.162. The van der Waals surface area contributed by atoms with Crippen molar-refractivity contribution in [2.75, 3.05) is 11.9 Å². The number of hydrogen-bond acceptors (Lipinski definition) is 3. The van der Waals surface area contributed by atoms with E-state index < -0.39 is 0 Å². The van der Waals surface area contributed by atoms with Crippen LogP contribution < -0.4 is 14.8 Å². The summed E-state index contributed by atoms with van der Waals surface area (Å²) in [6.07, 6.45) is 0. The Labute approximate surface area is 166 Å². The van der Waals surface area contributed by atoms with Crippen molar-refractivity contribution in [3.05, 3.63) is 89.0 Å². The van der Waals surface area contributed by atoms with Gasteiger partial charge in [-0.25, -0.2) is 0 Å². The SMILES string of the molecule is CCOc1ccc(C(=O)Nc2cccc(C)c2)cc1COc1ccc(C)cc1. The summed E-state index contributed by atoms with van der Waals surface area (Å²) < 4.78 is 11.6. The molecule has 0 saturated heterocycles. The third-order valence-electron chi connectivity index (χ3n) is 4.31. The van der Waals surface area contributed by atoms with Gasteiger partial charge in [0.25, 0.3) is 5.91 Å². The Hall–Kier alpha value is -3.27. The number of amides is 1. The largest absolute Gasteiger partial charge is 0.493 e. The van der Waals surface area contributed by atoms with Gasteiger partial charge in [0.2, 0.25) is 0 Å². The van der Waals surface area contributed by atoms with Crippen LogP contribution in [0.15, 0.2) is 66.7 Å². The van der Waals surface area contributed by atoms with Crippen molar-refractivity contribution in [3.63, 3.8) is 0 Å². The molecular formula is C24H25NO3. The van der Waals surface area contributed by atoms with Crippen molar-refractivity contribution >= 4 is 11.6 Å². The maximum absolute atomic E-state index is 12.7. The first-order valence-corrected chi connectivity index (χ1v) is 9.38. The Kier molecular flexibility index (Phi) is 6.33. The summed E-state index contributed by atoms with van der Waals surface area (Å²) in [5.41, 5.74) is 4.44. The van der Waals surface area contributed by atoms with Crippen molar-refractivity contribution in [2.24, 2.45) is 0 Å². The molecule has 0 unspecified atom stereocenters. The number of carbonyl (C=O) groups is 1. The molecule has 1 N–H and O–H groups in total. The molecule has 0 heterocycles. The molecule has 0 spiro atoms. The van der Waals surface area contributed by atoms with E-state index in [0.29, 0.717) is 18.8 Å². The van der Waals surface area contributed by atoms with Gasteiger partial charge in [0.15, 0.2) is 0 Å². The number of rotatable bonds is 7. The summed E-state index contributed by atoms with van der Waals surface area (Å²) >= 11 is 0. The Morgan fingerprint density at radius 3 is 2.39 bits per heavy atom. The van der Waals surface area contributed by atoms with Crippen LogP contribution in [0.1, 0.15) is 34.0 Å². The molecule has 3 aromatic carbocycles. The number of ether oxygens (including phenoxy) is 2. The average Bonchev–Trinajstić information content (AvgIpc) is 2.68. The zero-order chi connectivity index (χ0) is 19.9. The highest BCUT2D eigenvalue weighted by Gasteiger charge is 2.12. The van der Waals surface area contributed by atoms with E-state index in [1.54, 1.807) is 6.07 Å². The van der Waals surface area contributed by atoms with Gasteiger partial charge in [-0.05, 0) is 68.8 Å². The summed E-state index contributed by atoms with van der Waals surface area (Å²) in [7, 11) is 0. The maximum atomic E-state index is 12.7. The van der Waals surface area contributed by atoms with Crippen molar-refractivity contribution in [1.82, 2.24) is 0 Å². The van der Waals surface area contributed by atoms with Gasteiger partial charge in [-0.2, -0.15) is 0 Å². The van der Waals surface area contributed by atoms with E-state index in [0.717, 1.165) is 28.3 Å².